The number of ether oxygens (including phenoxy) is 1. The summed E-state index contributed by atoms with van der Waals surface area (Å²) in [6, 6.07) is 13.3. The van der Waals surface area contributed by atoms with Gasteiger partial charge in [0.2, 0.25) is 5.91 Å². The molecule has 2 amide bonds. The fourth-order valence-electron chi connectivity index (χ4n) is 3.14. The number of primary amides is 1. The highest BCUT2D eigenvalue weighted by Crippen LogP contribution is 2.34. The van der Waals surface area contributed by atoms with Gasteiger partial charge < -0.3 is 15.4 Å². The van der Waals surface area contributed by atoms with Crippen molar-refractivity contribution in [3.05, 3.63) is 48.5 Å². The Morgan fingerprint density at radius 2 is 1.93 bits per heavy atom. The van der Waals surface area contributed by atoms with Gasteiger partial charge in [-0.05, 0) is 24.3 Å². The van der Waals surface area contributed by atoms with E-state index in [0.29, 0.717) is 22.5 Å². The van der Waals surface area contributed by atoms with Crippen molar-refractivity contribution < 1.29 is 23.1 Å². The predicted octanol–water partition coefficient (Wildman–Crippen LogP) is 2.80. The van der Waals surface area contributed by atoms with Crippen molar-refractivity contribution >= 4 is 40.3 Å². The quantitative estimate of drug-likeness (QED) is 0.644. The number of halogens is 2. The molecule has 10 heteroatoms. The first-order valence-electron chi connectivity index (χ1n) is 8.69. The van der Waals surface area contributed by atoms with Gasteiger partial charge in [-0.15, -0.1) is 0 Å². The lowest BCUT2D eigenvalue weighted by atomic mass is 10.2. The molecule has 2 N–H and O–H groups in total. The number of carbonyl (C=O) groups excluding carboxylic acids is 2. The number of hydrogen-bond donors (Lipinski definition) is 1. The molecule has 0 saturated carbocycles. The van der Waals surface area contributed by atoms with Crippen LogP contribution < -0.4 is 15.4 Å². The summed E-state index contributed by atoms with van der Waals surface area (Å²) in [6.45, 7) is -2.83. The maximum absolute atomic E-state index is 13.6. The molecule has 1 aliphatic rings. The highest BCUT2D eigenvalue weighted by atomic mass is 32.2. The number of nitrogens with two attached hydrogens (primary N) is 1. The molecule has 2 aromatic carbocycles. The molecule has 4 rings (SSSR count). The van der Waals surface area contributed by atoms with Crippen LogP contribution in [-0.4, -0.2) is 39.8 Å². The second-order valence-electron chi connectivity index (χ2n) is 6.30. The predicted molar refractivity (Wildman–Crippen MR) is 104 cm³/mol. The smallest absolute Gasteiger partial charge is 0.321 e. The molecule has 7 nitrogen and oxygen atoms in total. The monoisotopic (exact) mass is 418 g/mol. The summed E-state index contributed by atoms with van der Waals surface area (Å²) in [6.07, 6.45) is -0.982. The zero-order chi connectivity index (χ0) is 20.5. The number of para-hydroxylation sites is 4. The number of fused-ring (bicyclic) bond motifs is 2. The summed E-state index contributed by atoms with van der Waals surface area (Å²) in [4.78, 5) is 30.1. The number of aromatic nitrogens is 2. The van der Waals surface area contributed by atoms with E-state index >= 15 is 0 Å². The Balaban J connectivity index is 1.58. The number of benzene rings is 2. The molecule has 0 aliphatic carbocycles. The fraction of sp³-hybridized carbons (Fsp3) is 0.211. The molecule has 0 radical (unpaired) electrons. The standard InChI is InChI=1S/C19H16F2N4O3S/c20-18(21)25-12-6-2-1-5-11(12)23-19(25)29-10-16(26)24-9-15(17(22)27)28-14-8-4-3-7-13(14)24/h1-8,15,18H,9-10H2,(H2,22,27). The van der Waals surface area contributed by atoms with E-state index in [1.165, 1.54) is 4.90 Å². The summed E-state index contributed by atoms with van der Waals surface area (Å²) >= 11 is 0.911. The number of imidazole rings is 1. The highest BCUT2D eigenvalue weighted by Gasteiger charge is 2.32. The molecule has 0 bridgehead atoms. The molecule has 3 aromatic rings. The van der Waals surface area contributed by atoms with Gasteiger partial charge >= 0.3 is 6.55 Å². The van der Waals surface area contributed by atoms with Crippen molar-refractivity contribution in [2.45, 2.75) is 17.8 Å². The van der Waals surface area contributed by atoms with Crippen molar-refractivity contribution in [1.29, 1.82) is 0 Å². The summed E-state index contributed by atoms with van der Waals surface area (Å²) in [5.74, 6) is -0.842. The van der Waals surface area contributed by atoms with Gasteiger partial charge in [0.05, 0.1) is 29.0 Å². The third kappa shape index (κ3) is 3.63. The minimum absolute atomic E-state index is 0.0440. The second kappa shape index (κ2) is 7.70. The van der Waals surface area contributed by atoms with Crippen LogP contribution in [0.2, 0.25) is 0 Å². The van der Waals surface area contributed by atoms with Gasteiger partial charge in [0, 0.05) is 0 Å². The van der Waals surface area contributed by atoms with Crippen LogP contribution >= 0.6 is 11.8 Å². The normalized spacial score (nSPS) is 16.0. The summed E-state index contributed by atoms with van der Waals surface area (Å²) in [5.41, 5.74) is 6.56. The van der Waals surface area contributed by atoms with E-state index in [1.54, 1.807) is 48.5 Å². The number of carbonyl (C=O) groups is 2. The number of alkyl halides is 2. The van der Waals surface area contributed by atoms with Crippen molar-refractivity contribution in [2.24, 2.45) is 5.73 Å². The van der Waals surface area contributed by atoms with Crippen LogP contribution in [0.25, 0.3) is 11.0 Å². The topological polar surface area (TPSA) is 90.5 Å². The van der Waals surface area contributed by atoms with Crippen LogP contribution in [0.15, 0.2) is 53.7 Å². The fourth-order valence-corrected chi connectivity index (χ4v) is 4.02. The van der Waals surface area contributed by atoms with Gasteiger partial charge in [-0.3, -0.25) is 14.2 Å². The first-order chi connectivity index (χ1) is 14.0. The largest absolute Gasteiger partial charge is 0.477 e. The Hall–Kier alpha value is -3.14. The first kappa shape index (κ1) is 19.2. The first-order valence-corrected chi connectivity index (χ1v) is 9.67. The molecular weight excluding hydrogens is 402 g/mol. The van der Waals surface area contributed by atoms with Gasteiger partial charge in [0.1, 0.15) is 5.75 Å². The minimum Gasteiger partial charge on any atom is -0.477 e. The van der Waals surface area contributed by atoms with E-state index in [2.05, 4.69) is 4.98 Å². The van der Waals surface area contributed by atoms with Crippen LogP contribution in [0.4, 0.5) is 14.5 Å². The van der Waals surface area contributed by atoms with E-state index in [-0.39, 0.29) is 23.4 Å². The number of anilines is 1. The van der Waals surface area contributed by atoms with Gasteiger partial charge in [-0.2, -0.15) is 8.78 Å². The SMILES string of the molecule is NC(=O)C1CN(C(=O)CSc2nc3ccccc3n2C(F)F)c2ccccc2O1. The summed E-state index contributed by atoms with van der Waals surface area (Å²) in [7, 11) is 0. The number of hydrogen-bond acceptors (Lipinski definition) is 5. The van der Waals surface area contributed by atoms with Gasteiger partial charge in [-0.25, -0.2) is 4.98 Å². The number of thioether (sulfide) groups is 1. The van der Waals surface area contributed by atoms with Crippen LogP contribution in [0, 0.1) is 0 Å². The van der Waals surface area contributed by atoms with Crippen molar-refractivity contribution in [3.8, 4) is 5.75 Å². The third-order valence-electron chi connectivity index (χ3n) is 4.48. The van der Waals surface area contributed by atoms with Crippen LogP contribution in [0.5, 0.6) is 5.75 Å². The van der Waals surface area contributed by atoms with Gasteiger partial charge in [-0.1, -0.05) is 36.0 Å². The molecule has 29 heavy (non-hydrogen) atoms. The molecule has 0 saturated heterocycles. The molecule has 150 valence electrons. The highest BCUT2D eigenvalue weighted by molar-refractivity contribution is 7.99. The average molecular weight is 418 g/mol. The molecule has 1 aliphatic heterocycles. The molecule has 1 aromatic heterocycles. The Morgan fingerprint density at radius 1 is 1.21 bits per heavy atom. The lowest BCUT2D eigenvalue weighted by molar-refractivity contribution is -0.125. The van der Waals surface area contributed by atoms with Crippen molar-refractivity contribution in [2.75, 3.05) is 17.2 Å². The van der Waals surface area contributed by atoms with E-state index in [9.17, 15) is 18.4 Å². The lowest BCUT2D eigenvalue weighted by Gasteiger charge is -2.33. The molecular formula is C19H16F2N4O3S. The maximum atomic E-state index is 13.6. The zero-order valence-corrected chi connectivity index (χ0v) is 15.8. The zero-order valence-electron chi connectivity index (χ0n) is 15.0. The van der Waals surface area contributed by atoms with Crippen LogP contribution in [0.3, 0.4) is 0 Å². The van der Waals surface area contributed by atoms with E-state index < -0.39 is 18.6 Å². The number of rotatable bonds is 5. The number of nitrogens with zero attached hydrogens (tertiary/aromatic N) is 3. The summed E-state index contributed by atoms with van der Waals surface area (Å²) in [5, 5.41) is 0.0440. The minimum atomic E-state index is -2.79. The Kier molecular flexibility index (Phi) is 5.10. The van der Waals surface area contributed by atoms with Crippen molar-refractivity contribution in [3.63, 3.8) is 0 Å². The molecule has 0 fully saturated rings. The third-order valence-corrected chi connectivity index (χ3v) is 5.41. The molecule has 0 spiro atoms. The van der Waals surface area contributed by atoms with Crippen LogP contribution in [0.1, 0.15) is 6.55 Å². The van der Waals surface area contributed by atoms with E-state index in [0.717, 1.165) is 16.3 Å². The average Bonchev–Trinajstić information content (AvgIpc) is 3.09. The Morgan fingerprint density at radius 3 is 2.69 bits per heavy atom. The van der Waals surface area contributed by atoms with E-state index in [4.69, 9.17) is 10.5 Å². The lowest BCUT2D eigenvalue weighted by Crippen LogP contribution is -2.49. The maximum Gasteiger partial charge on any atom is 0.321 e. The summed E-state index contributed by atoms with van der Waals surface area (Å²) < 4.78 is 33.4. The van der Waals surface area contributed by atoms with Crippen molar-refractivity contribution in [1.82, 2.24) is 9.55 Å². The van der Waals surface area contributed by atoms with Gasteiger partial charge in [0.15, 0.2) is 11.3 Å². The molecule has 2 heterocycles. The molecule has 1 atom stereocenters. The number of amides is 2. The Labute approximate surface area is 168 Å². The van der Waals surface area contributed by atoms with Gasteiger partial charge in [0.25, 0.3) is 5.91 Å². The second-order valence-corrected chi connectivity index (χ2v) is 7.24. The van der Waals surface area contributed by atoms with E-state index in [1.807, 2.05) is 0 Å². The Bertz CT molecular complexity index is 1090. The molecule has 1 unspecified atom stereocenters. The van der Waals surface area contributed by atoms with Crippen LogP contribution in [-0.2, 0) is 9.59 Å².